The Morgan fingerprint density at radius 1 is 1.32 bits per heavy atom. The lowest BCUT2D eigenvalue weighted by Gasteiger charge is -2.32. The number of ether oxygens (including phenoxy) is 2. The molecule has 0 radical (unpaired) electrons. The second-order valence-corrected chi connectivity index (χ2v) is 5.23. The van der Waals surface area contributed by atoms with Crippen LogP contribution in [-0.2, 0) is 4.74 Å². The van der Waals surface area contributed by atoms with Gasteiger partial charge in [-0.25, -0.2) is 0 Å². The highest BCUT2D eigenvalue weighted by atomic mass is 16.5. The van der Waals surface area contributed by atoms with Crippen molar-refractivity contribution in [2.45, 2.75) is 25.8 Å². The summed E-state index contributed by atoms with van der Waals surface area (Å²) in [5.74, 6) is 1.60. The third kappa shape index (κ3) is 3.53. The average Bonchev–Trinajstić information content (AvgIpc) is 3.22. The van der Waals surface area contributed by atoms with Crippen molar-refractivity contribution in [2.75, 3.05) is 38.0 Å². The smallest absolute Gasteiger partial charge is 0.122 e. The van der Waals surface area contributed by atoms with E-state index in [-0.39, 0.29) is 0 Å². The van der Waals surface area contributed by atoms with Gasteiger partial charge in [0.1, 0.15) is 5.75 Å². The zero-order chi connectivity index (χ0) is 13.8. The first-order valence-electron chi connectivity index (χ1n) is 6.86. The Labute approximate surface area is 115 Å². The first-order valence-corrected chi connectivity index (χ1v) is 6.86. The minimum absolute atomic E-state index is 0.515. The number of hydrogen-bond donors (Lipinski definition) is 1. The number of anilines is 2. The Kier molecular flexibility index (Phi) is 4.53. The number of nitrogens with two attached hydrogens (primary N) is 1. The van der Waals surface area contributed by atoms with E-state index < -0.39 is 0 Å². The predicted octanol–water partition coefficient (Wildman–Crippen LogP) is 2.53. The normalized spacial score (nSPS) is 16.2. The van der Waals surface area contributed by atoms with Gasteiger partial charge in [0.25, 0.3) is 0 Å². The molecule has 19 heavy (non-hydrogen) atoms. The average molecular weight is 264 g/mol. The standard InChI is InChI=1S/C15H24N2O2/c1-11(12-4-5-12)17(6-7-18-2)14-8-13(16)9-15(10-14)19-3/h8-12H,4-7,16H2,1-3H3. The van der Waals surface area contributed by atoms with E-state index in [4.69, 9.17) is 15.2 Å². The number of nitrogen functional groups attached to an aromatic ring is 1. The quantitative estimate of drug-likeness (QED) is 0.769. The number of benzene rings is 1. The Morgan fingerprint density at radius 2 is 2.05 bits per heavy atom. The van der Waals surface area contributed by atoms with Crippen LogP contribution < -0.4 is 15.4 Å². The van der Waals surface area contributed by atoms with E-state index in [1.54, 1.807) is 14.2 Å². The van der Waals surface area contributed by atoms with Crippen molar-refractivity contribution in [1.29, 1.82) is 0 Å². The fourth-order valence-electron chi connectivity index (χ4n) is 2.48. The Bertz CT molecular complexity index is 419. The summed E-state index contributed by atoms with van der Waals surface area (Å²) in [4.78, 5) is 2.38. The van der Waals surface area contributed by atoms with Crippen LogP contribution in [-0.4, -0.2) is 33.4 Å². The molecule has 0 heterocycles. The molecule has 1 atom stereocenters. The molecular weight excluding hydrogens is 240 g/mol. The SMILES string of the molecule is COCCN(c1cc(N)cc(OC)c1)C(C)C1CC1. The molecule has 0 spiro atoms. The maximum atomic E-state index is 5.96. The van der Waals surface area contributed by atoms with E-state index in [0.29, 0.717) is 12.6 Å². The summed E-state index contributed by atoms with van der Waals surface area (Å²) in [6.07, 6.45) is 2.65. The van der Waals surface area contributed by atoms with Gasteiger partial charge in [-0.3, -0.25) is 0 Å². The lowest BCUT2D eigenvalue weighted by molar-refractivity contribution is 0.202. The van der Waals surface area contributed by atoms with Crippen LogP contribution in [0.5, 0.6) is 5.75 Å². The molecule has 4 nitrogen and oxygen atoms in total. The third-order valence-corrected chi connectivity index (χ3v) is 3.81. The molecule has 0 amide bonds. The summed E-state index contributed by atoms with van der Waals surface area (Å²) >= 11 is 0. The Balaban J connectivity index is 2.22. The van der Waals surface area contributed by atoms with Crippen molar-refractivity contribution in [1.82, 2.24) is 0 Å². The highest BCUT2D eigenvalue weighted by molar-refractivity contribution is 5.61. The van der Waals surface area contributed by atoms with Crippen molar-refractivity contribution in [2.24, 2.45) is 5.92 Å². The molecule has 1 aromatic carbocycles. The number of methoxy groups -OCH3 is 2. The van der Waals surface area contributed by atoms with E-state index in [1.807, 2.05) is 18.2 Å². The zero-order valence-electron chi connectivity index (χ0n) is 12.1. The van der Waals surface area contributed by atoms with Crippen molar-refractivity contribution in [3.05, 3.63) is 18.2 Å². The van der Waals surface area contributed by atoms with Gasteiger partial charge in [0.2, 0.25) is 0 Å². The molecule has 1 aromatic rings. The first-order chi connectivity index (χ1) is 9.15. The molecule has 0 aromatic heterocycles. The lowest BCUT2D eigenvalue weighted by Crippen LogP contribution is -2.37. The van der Waals surface area contributed by atoms with Crippen LogP contribution in [0.3, 0.4) is 0 Å². The molecule has 2 rings (SSSR count). The van der Waals surface area contributed by atoms with Gasteiger partial charge in [-0.15, -0.1) is 0 Å². The van der Waals surface area contributed by atoms with Gasteiger partial charge < -0.3 is 20.1 Å². The Hall–Kier alpha value is -1.42. The van der Waals surface area contributed by atoms with Crippen LogP contribution in [0.15, 0.2) is 18.2 Å². The van der Waals surface area contributed by atoms with Crippen molar-refractivity contribution < 1.29 is 9.47 Å². The van der Waals surface area contributed by atoms with E-state index in [9.17, 15) is 0 Å². The van der Waals surface area contributed by atoms with E-state index in [1.165, 1.54) is 12.8 Å². The maximum absolute atomic E-state index is 5.96. The monoisotopic (exact) mass is 264 g/mol. The van der Waals surface area contributed by atoms with Crippen LogP contribution in [0.4, 0.5) is 11.4 Å². The summed E-state index contributed by atoms with van der Waals surface area (Å²) in [5, 5.41) is 0. The summed E-state index contributed by atoms with van der Waals surface area (Å²) in [6.45, 7) is 3.87. The van der Waals surface area contributed by atoms with Gasteiger partial charge in [0.15, 0.2) is 0 Å². The number of hydrogen-bond acceptors (Lipinski definition) is 4. The van der Waals surface area contributed by atoms with Crippen LogP contribution in [0.25, 0.3) is 0 Å². The summed E-state index contributed by atoms with van der Waals surface area (Å²) < 4.78 is 10.5. The topological polar surface area (TPSA) is 47.7 Å². The molecule has 2 N–H and O–H groups in total. The molecule has 0 bridgehead atoms. The molecule has 1 unspecified atom stereocenters. The predicted molar refractivity (Wildman–Crippen MR) is 78.8 cm³/mol. The molecule has 1 aliphatic rings. The molecule has 1 fully saturated rings. The van der Waals surface area contributed by atoms with Crippen molar-refractivity contribution in [3.63, 3.8) is 0 Å². The molecule has 0 saturated heterocycles. The fourth-order valence-corrected chi connectivity index (χ4v) is 2.48. The molecule has 1 saturated carbocycles. The van der Waals surface area contributed by atoms with Crippen LogP contribution in [0.1, 0.15) is 19.8 Å². The fraction of sp³-hybridized carbons (Fsp3) is 0.600. The highest BCUT2D eigenvalue weighted by Gasteiger charge is 2.32. The molecule has 1 aliphatic carbocycles. The summed E-state index contributed by atoms with van der Waals surface area (Å²) in [7, 11) is 3.41. The van der Waals surface area contributed by atoms with Gasteiger partial charge in [-0.05, 0) is 31.7 Å². The van der Waals surface area contributed by atoms with E-state index >= 15 is 0 Å². The molecule has 106 valence electrons. The third-order valence-electron chi connectivity index (χ3n) is 3.81. The van der Waals surface area contributed by atoms with Gasteiger partial charge in [0.05, 0.1) is 13.7 Å². The minimum Gasteiger partial charge on any atom is -0.497 e. The van der Waals surface area contributed by atoms with Crippen LogP contribution >= 0.6 is 0 Å². The van der Waals surface area contributed by atoms with E-state index in [0.717, 1.165) is 29.6 Å². The van der Waals surface area contributed by atoms with Crippen LogP contribution in [0.2, 0.25) is 0 Å². The maximum Gasteiger partial charge on any atom is 0.122 e. The van der Waals surface area contributed by atoms with Crippen molar-refractivity contribution >= 4 is 11.4 Å². The number of rotatable bonds is 7. The minimum atomic E-state index is 0.515. The zero-order valence-corrected chi connectivity index (χ0v) is 12.1. The first kappa shape index (κ1) is 14.0. The second kappa shape index (κ2) is 6.15. The van der Waals surface area contributed by atoms with Gasteiger partial charge in [-0.1, -0.05) is 0 Å². The number of nitrogens with zero attached hydrogens (tertiary/aromatic N) is 1. The molecule has 0 aliphatic heterocycles. The highest BCUT2D eigenvalue weighted by Crippen LogP contribution is 2.38. The lowest BCUT2D eigenvalue weighted by atomic mass is 10.1. The van der Waals surface area contributed by atoms with Gasteiger partial charge in [-0.2, -0.15) is 0 Å². The van der Waals surface area contributed by atoms with E-state index in [2.05, 4.69) is 11.8 Å². The van der Waals surface area contributed by atoms with Crippen molar-refractivity contribution in [3.8, 4) is 5.75 Å². The summed E-state index contributed by atoms with van der Waals surface area (Å²) in [6, 6.07) is 6.42. The largest absolute Gasteiger partial charge is 0.497 e. The second-order valence-electron chi connectivity index (χ2n) is 5.23. The summed E-state index contributed by atoms with van der Waals surface area (Å²) in [5.41, 5.74) is 7.81. The molecule has 4 heteroatoms. The molecular formula is C15H24N2O2. The Morgan fingerprint density at radius 3 is 2.63 bits per heavy atom. The van der Waals surface area contributed by atoms with Crippen LogP contribution in [0, 0.1) is 5.92 Å². The van der Waals surface area contributed by atoms with Gasteiger partial charge >= 0.3 is 0 Å². The van der Waals surface area contributed by atoms with Gasteiger partial charge in [0, 0.05) is 43.2 Å².